The SMILES string of the molecule is C=C(C)CNCc1cccc2ccccc12. The number of hydrogen-bond donors (Lipinski definition) is 1. The van der Waals surface area contributed by atoms with Crippen molar-refractivity contribution in [1.29, 1.82) is 0 Å². The average Bonchev–Trinajstić information content (AvgIpc) is 2.29. The molecule has 82 valence electrons. The Labute approximate surface area is 96.8 Å². The number of benzene rings is 2. The summed E-state index contributed by atoms with van der Waals surface area (Å²) in [5.74, 6) is 0. The van der Waals surface area contributed by atoms with E-state index in [1.54, 1.807) is 0 Å². The average molecular weight is 211 g/mol. The highest BCUT2D eigenvalue weighted by Crippen LogP contribution is 2.18. The molecule has 1 heteroatoms. The minimum atomic E-state index is 0.878. The van der Waals surface area contributed by atoms with Crippen LogP contribution < -0.4 is 5.32 Å². The van der Waals surface area contributed by atoms with Crippen LogP contribution in [0.25, 0.3) is 10.8 Å². The Morgan fingerprint density at radius 1 is 1.12 bits per heavy atom. The third kappa shape index (κ3) is 2.50. The zero-order chi connectivity index (χ0) is 11.4. The van der Waals surface area contributed by atoms with Crippen molar-refractivity contribution in [1.82, 2.24) is 5.32 Å². The lowest BCUT2D eigenvalue weighted by molar-refractivity contribution is 0.745. The van der Waals surface area contributed by atoms with Crippen LogP contribution in [-0.2, 0) is 6.54 Å². The molecule has 0 amide bonds. The molecule has 0 spiro atoms. The third-order valence-corrected chi connectivity index (χ3v) is 2.62. The first-order valence-electron chi connectivity index (χ1n) is 5.59. The third-order valence-electron chi connectivity index (χ3n) is 2.62. The van der Waals surface area contributed by atoms with Crippen molar-refractivity contribution in [3.05, 3.63) is 60.2 Å². The topological polar surface area (TPSA) is 12.0 Å². The lowest BCUT2D eigenvalue weighted by Gasteiger charge is -2.08. The highest BCUT2D eigenvalue weighted by molar-refractivity contribution is 5.85. The normalized spacial score (nSPS) is 10.6. The quantitative estimate of drug-likeness (QED) is 0.763. The Morgan fingerprint density at radius 3 is 2.69 bits per heavy atom. The molecule has 1 nitrogen and oxygen atoms in total. The molecule has 1 N–H and O–H groups in total. The van der Waals surface area contributed by atoms with Gasteiger partial charge in [0.15, 0.2) is 0 Å². The Kier molecular flexibility index (Phi) is 3.37. The predicted molar refractivity (Wildman–Crippen MR) is 70.5 cm³/mol. The first-order chi connectivity index (χ1) is 7.77. The summed E-state index contributed by atoms with van der Waals surface area (Å²) in [7, 11) is 0. The van der Waals surface area contributed by atoms with Gasteiger partial charge in [0.1, 0.15) is 0 Å². The highest BCUT2D eigenvalue weighted by Gasteiger charge is 1.98. The van der Waals surface area contributed by atoms with Crippen LogP contribution in [0.1, 0.15) is 12.5 Å². The predicted octanol–water partition coefficient (Wildman–Crippen LogP) is 3.51. The van der Waals surface area contributed by atoms with Gasteiger partial charge < -0.3 is 5.32 Å². The zero-order valence-corrected chi connectivity index (χ0v) is 9.66. The van der Waals surface area contributed by atoms with Crippen LogP contribution in [-0.4, -0.2) is 6.54 Å². The van der Waals surface area contributed by atoms with Crippen molar-refractivity contribution >= 4 is 10.8 Å². The van der Waals surface area contributed by atoms with Crippen molar-refractivity contribution in [2.75, 3.05) is 6.54 Å². The molecule has 2 aromatic carbocycles. The number of nitrogens with one attached hydrogen (secondary N) is 1. The monoisotopic (exact) mass is 211 g/mol. The van der Waals surface area contributed by atoms with Crippen LogP contribution >= 0.6 is 0 Å². The standard InChI is InChI=1S/C15H17N/c1-12(2)10-16-11-14-8-5-7-13-6-3-4-9-15(13)14/h3-9,16H,1,10-11H2,2H3. The van der Waals surface area contributed by atoms with E-state index >= 15 is 0 Å². The fourth-order valence-corrected chi connectivity index (χ4v) is 1.86. The molecule has 0 aliphatic carbocycles. The summed E-state index contributed by atoms with van der Waals surface area (Å²) < 4.78 is 0. The molecule has 0 saturated carbocycles. The molecule has 0 fully saturated rings. The highest BCUT2D eigenvalue weighted by atomic mass is 14.8. The van der Waals surface area contributed by atoms with Crippen molar-refractivity contribution in [3.63, 3.8) is 0 Å². The Balaban J connectivity index is 2.20. The first-order valence-corrected chi connectivity index (χ1v) is 5.59. The first kappa shape index (κ1) is 10.9. The maximum atomic E-state index is 3.89. The molecular formula is C15H17N. The van der Waals surface area contributed by atoms with Gasteiger partial charge in [-0.1, -0.05) is 54.6 Å². The van der Waals surface area contributed by atoms with Crippen LogP contribution in [0.3, 0.4) is 0 Å². The van der Waals surface area contributed by atoms with Crippen LogP contribution in [0.15, 0.2) is 54.6 Å². The number of fused-ring (bicyclic) bond motifs is 1. The van der Waals surface area contributed by atoms with Gasteiger partial charge in [0.2, 0.25) is 0 Å². The van der Waals surface area contributed by atoms with E-state index in [0.29, 0.717) is 0 Å². The zero-order valence-electron chi connectivity index (χ0n) is 9.66. The van der Waals surface area contributed by atoms with Crippen LogP contribution in [0.2, 0.25) is 0 Å². The van der Waals surface area contributed by atoms with E-state index in [2.05, 4.69) is 54.4 Å². The number of hydrogen-bond acceptors (Lipinski definition) is 1. The molecule has 0 radical (unpaired) electrons. The van der Waals surface area contributed by atoms with Crippen LogP contribution in [0.4, 0.5) is 0 Å². The fourth-order valence-electron chi connectivity index (χ4n) is 1.86. The van der Waals surface area contributed by atoms with Crippen LogP contribution in [0, 0.1) is 0 Å². The minimum absolute atomic E-state index is 0.878. The fraction of sp³-hybridized carbons (Fsp3) is 0.200. The van der Waals surface area contributed by atoms with Gasteiger partial charge in [-0.3, -0.25) is 0 Å². The summed E-state index contributed by atoms with van der Waals surface area (Å²) in [6.07, 6.45) is 0. The Bertz CT molecular complexity index is 494. The van der Waals surface area contributed by atoms with Crippen molar-refractivity contribution in [2.45, 2.75) is 13.5 Å². The van der Waals surface area contributed by atoms with Gasteiger partial charge in [0.25, 0.3) is 0 Å². The van der Waals surface area contributed by atoms with Gasteiger partial charge in [-0.25, -0.2) is 0 Å². The van der Waals surface area contributed by atoms with E-state index < -0.39 is 0 Å². The second kappa shape index (κ2) is 4.95. The minimum Gasteiger partial charge on any atom is -0.309 e. The molecule has 2 aromatic rings. The van der Waals surface area contributed by atoms with E-state index in [0.717, 1.165) is 13.1 Å². The summed E-state index contributed by atoms with van der Waals surface area (Å²) in [5.41, 5.74) is 2.51. The molecule has 0 aromatic heterocycles. The molecule has 0 atom stereocenters. The van der Waals surface area contributed by atoms with Crippen molar-refractivity contribution < 1.29 is 0 Å². The molecule has 2 rings (SSSR count). The van der Waals surface area contributed by atoms with Gasteiger partial charge >= 0.3 is 0 Å². The molecule has 0 aliphatic rings. The molecule has 0 heterocycles. The van der Waals surface area contributed by atoms with E-state index in [4.69, 9.17) is 0 Å². The van der Waals surface area contributed by atoms with E-state index in [9.17, 15) is 0 Å². The molecule has 0 unspecified atom stereocenters. The molecular weight excluding hydrogens is 194 g/mol. The van der Waals surface area contributed by atoms with Crippen molar-refractivity contribution in [2.24, 2.45) is 0 Å². The largest absolute Gasteiger partial charge is 0.309 e. The van der Waals surface area contributed by atoms with Gasteiger partial charge in [0, 0.05) is 13.1 Å². The number of rotatable bonds is 4. The summed E-state index contributed by atoms with van der Waals surface area (Å²) in [6.45, 7) is 7.70. The molecule has 16 heavy (non-hydrogen) atoms. The molecule has 0 saturated heterocycles. The molecule has 0 bridgehead atoms. The second-order valence-electron chi connectivity index (χ2n) is 4.20. The smallest absolute Gasteiger partial charge is 0.0214 e. The maximum absolute atomic E-state index is 3.89. The maximum Gasteiger partial charge on any atom is 0.0214 e. The van der Waals surface area contributed by atoms with Gasteiger partial charge in [-0.05, 0) is 23.3 Å². The van der Waals surface area contributed by atoms with Gasteiger partial charge in [0.05, 0.1) is 0 Å². The van der Waals surface area contributed by atoms with Crippen LogP contribution in [0.5, 0.6) is 0 Å². The van der Waals surface area contributed by atoms with Gasteiger partial charge in [-0.15, -0.1) is 0 Å². The summed E-state index contributed by atoms with van der Waals surface area (Å²) in [4.78, 5) is 0. The van der Waals surface area contributed by atoms with E-state index in [-0.39, 0.29) is 0 Å². The summed E-state index contributed by atoms with van der Waals surface area (Å²) >= 11 is 0. The lowest BCUT2D eigenvalue weighted by atomic mass is 10.0. The second-order valence-corrected chi connectivity index (χ2v) is 4.20. The Morgan fingerprint density at radius 2 is 1.88 bits per heavy atom. The Hall–Kier alpha value is -1.60. The van der Waals surface area contributed by atoms with Crippen molar-refractivity contribution in [3.8, 4) is 0 Å². The van der Waals surface area contributed by atoms with E-state index in [1.165, 1.54) is 21.9 Å². The van der Waals surface area contributed by atoms with Gasteiger partial charge in [-0.2, -0.15) is 0 Å². The lowest BCUT2D eigenvalue weighted by Crippen LogP contribution is -2.15. The molecule has 0 aliphatic heterocycles. The summed E-state index contributed by atoms with van der Waals surface area (Å²) in [6, 6.07) is 14.9. The summed E-state index contributed by atoms with van der Waals surface area (Å²) in [5, 5.41) is 6.03. The van der Waals surface area contributed by atoms with E-state index in [1.807, 2.05) is 6.92 Å².